The van der Waals surface area contributed by atoms with Crippen molar-refractivity contribution >= 4 is 40.6 Å². The summed E-state index contributed by atoms with van der Waals surface area (Å²) in [7, 11) is 0. The lowest BCUT2D eigenvalue weighted by molar-refractivity contribution is 0.0941. The number of carbonyl (C=O) groups excluding carboxylic acids is 2. The molecule has 0 saturated carbocycles. The smallest absolute Gasteiger partial charge is 0.273 e. The average Bonchev–Trinajstić information content (AvgIpc) is 3.14. The number of aromatic nitrogens is 1. The third kappa shape index (κ3) is 5.58. The minimum absolute atomic E-state index is 0.0447. The van der Waals surface area contributed by atoms with Gasteiger partial charge in [-0.2, -0.15) is 4.37 Å². The molecule has 1 atom stereocenters. The van der Waals surface area contributed by atoms with Gasteiger partial charge in [0.25, 0.3) is 11.8 Å². The van der Waals surface area contributed by atoms with Crippen molar-refractivity contribution < 1.29 is 9.59 Å². The molecule has 0 spiro atoms. The first-order chi connectivity index (χ1) is 14.5. The Balaban J connectivity index is 1.56. The average molecular weight is 443 g/mol. The number of halogens is 1. The molecule has 0 saturated heterocycles. The van der Waals surface area contributed by atoms with Gasteiger partial charge in [0.1, 0.15) is 4.88 Å². The second-order valence-electron chi connectivity index (χ2n) is 6.95. The monoisotopic (exact) mass is 442 g/mol. The molecule has 0 fully saturated rings. The Morgan fingerprint density at radius 3 is 2.53 bits per heavy atom. The molecule has 1 aromatic heterocycles. The maximum Gasteiger partial charge on any atom is 0.273 e. The van der Waals surface area contributed by atoms with E-state index in [1.54, 1.807) is 6.07 Å². The topological polar surface area (TPSA) is 97.1 Å². The first-order valence-electron chi connectivity index (χ1n) is 9.57. The lowest BCUT2D eigenvalue weighted by atomic mass is 10.1. The van der Waals surface area contributed by atoms with Crippen molar-refractivity contribution in [1.82, 2.24) is 15.0 Å². The van der Waals surface area contributed by atoms with Gasteiger partial charge in [0.2, 0.25) is 0 Å². The Hall–Kier alpha value is -2.90. The molecule has 0 aliphatic rings. The number of nitrogens with zero attached hydrogens (tertiary/aromatic N) is 1. The highest BCUT2D eigenvalue weighted by Crippen LogP contribution is 2.22. The predicted molar refractivity (Wildman–Crippen MR) is 121 cm³/mol. The molecule has 0 unspecified atom stereocenters. The van der Waals surface area contributed by atoms with Gasteiger partial charge >= 0.3 is 0 Å². The zero-order valence-corrected chi connectivity index (χ0v) is 18.1. The Labute approximate surface area is 184 Å². The molecule has 8 heteroatoms. The van der Waals surface area contributed by atoms with Crippen LogP contribution in [-0.4, -0.2) is 22.2 Å². The van der Waals surface area contributed by atoms with Gasteiger partial charge in [-0.15, -0.1) is 0 Å². The molecule has 4 N–H and O–H groups in total. The second kappa shape index (κ2) is 10.2. The largest absolute Gasteiger partial charge is 0.395 e. The minimum atomic E-state index is -0.445. The van der Waals surface area contributed by atoms with Gasteiger partial charge in [-0.25, -0.2) is 0 Å². The maximum absolute atomic E-state index is 12.6. The van der Waals surface area contributed by atoms with E-state index in [9.17, 15) is 9.59 Å². The summed E-state index contributed by atoms with van der Waals surface area (Å²) >= 11 is 7.02. The van der Waals surface area contributed by atoms with Crippen LogP contribution in [0.5, 0.6) is 0 Å². The van der Waals surface area contributed by atoms with E-state index in [1.807, 2.05) is 43.3 Å². The first-order valence-corrected chi connectivity index (χ1v) is 10.7. The van der Waals surface area contributed by atoms with E-state index in [1.165, 1.54) is 5.56 Å². The van der Waals surface area contributed by atoms with E-state index < -0.39 is 5.91 Å². The molecular formula is C22H23ClN4O2S. The van der Waals surface area contributed by atoms with Crippen LogP contribution in [0.15, 0.2) is 54.6 Å². The molecule has 0 radical (unpaired) electrons. The number of nitrogens with two attached hydrogens (primary N) is 1. The number of hydrogen-bond acceptors (Lipinski definition) is 5. The standard InChI is InChI=1S/C22H23ClN4O2S/c1-14(11-12-15-7-3-2-4-8-15)26-22(29)20-18(24)19(27-30-20)21(28)25-13-16-9-5-6-10-17(16)23/h2-10,14H,11-13,24H2,1H3,(H,25,28)(H,26,29)/t14-/m1/s1. The molecule has 2 amide bonds. The number of rotatable bonds is 8. The van der Waals surface area contributed by atoms with Crippen molar-refractivity contribution in [2.45, 2.75) is 32.4 Å². The van der Waals surface area contributed by atoms with Crippen LogP contribution in [0.25, 0.3) is 0 Å². The maximum atomic E-state index is 12.6. The number of hydrogen-bond donors (Lipinski definition) is 3. The summed E-state index contributed by atoms with van der Waals surface area (Å²) in [4.78, 5) is 25.3. The van der Waals surface area contributed by atoms with Gasteiger partial charge in [0, 0.05) is 17.6 Å². The van der Waals surface area contributed by atoms with Crippen molar-refractivity contribution in [3.8, 4) is 0 Å². The molecule has 1 heterocycles. The van der Waals surface area contributed by atoms with Crippen molar-refractivity contribution in [1.29, 1.82) is 0 Å². The Morgan fingerprint density at radius 1 is 1.10 bits per heavy atom. The number of aryl methyl sites for hydroxylation is 1. The normalized spacial score (nSPS) is 11.7. The summed E-state index contributed by atoms with van der Waals surface area (Å²) in [5.41, 5.74) is 8.18. The predicted octanol–water partition coefficient (Wildman–Crippen LogP) is 4.06. The minimum Gasteiger partial charge on any atom is -0.395 e. The van der Waals surface area contributed by atoms with Crippen LogP contribution in [0.4, 0.5) is 5.69 Å². The number of anilines is 1. The summed E-state index contributed by atoms with van der Waals surface area (Å²) in [6.07, 6.45) is 1.65. The summed E-state index contributed by atoms with van der Waals surface area (Å²) in [5, 5.41) is 6.23. The third-order valence-corrected chi connectivity index (χ3v) is 5.86. The number of benzene rings is 2. The van der Waals surface area contributed by atoms with E-state index in [-0.39, 0.29) is 34.8 Å². The fourth-order valence-electron chi connectivity index (χ4n) is 2.92. The van der Waals surface area contributed by atoms with Crippen LogP contribution in [-0.2, 0) is 13.0 Å². The highest BCUT2D eigenvalue weighted by molar-refractivity contribution is 7.09. The molecule has 0 bridgehead atoms. The van der Waals surface area contributed by atoms with E-state index >= 15 is 0 Å². The molecule has 3 rings (SSSR count). The van der Waals surface area contributed by atoms with E-state index in [2.05, 4.69) is 27.1 Å². The van der Waals surface area contributed by atoms with Crippen molar-refractivity contribution in [3.05, 3.63) is 81.3 Å². The van der Waals surface area contributed by atoms with Crippen LogP contribution >= 0.6 is 23.1 Å². The summed E-state index contributed by atoms with van der Waals surface area (Å²) in [6, 6.07) is 17.3. The van der Waals surface area contributed by atoms with Gasteiger partial charge in [-0.05, 0) is 48.5 Å². The zero-order chi connectivity index (χ0) is 21.5. The Morgan fingerprint density at radius 2 is 1.80 bits per heavy atom. The van der Waals surface area contributed by atoms with E-state index in [0.29, 0.717) is 5.02 Å². The molecule has 156 valence electrons. The van der Waals surface area contributed by atoms with Crippen LogP contribution in [0.1, 0.15) is 44.6 Å². The Kier molecular flexibility index (Phi) is 7.43. The van der Waals surface area contributed by atoms with Crippen LogP contribution < -0.4 is 16.4 Å². The van der Waals surface area contributed by atoms with Crippen LogP contribution in [0, 0.1) is 0 Å². The lowest BCUT2D eigenvalue weighted by Crippen LogP contribution is -2.33. The van der Waals surface area contributed by atoms with Crippen molar-refractivity contribution in [2.24, 2.45) is 0 Å². The number of nitrogens with one attached hydrogen (secondary N) is 2. The molecule has 0 aliphatic carbocycles. The van der Waals surface area contributed by atoms with E-state index in [0.717, 1.165) is 29.9 Å². The molecule has 6 nitrogen and oxygen atoms in total. The summed E-state index contributed by atoms with van der Waals surface area (Å²) < 4.78 is 4.08. The van der Waals surface area contributed by atoms with Gasteiger partial charge in [0.05, 0.1) is 5.69 Å². The second-order valence-corrected chi connectivity index (χ2v) is 8.13. The van der Waals surface area contributed by atoms with E-state index in [4.69, 9.17) is 17.3 Å². The Bertz CT molecular complexity index is 1020. The van der Waals surface area contributed by atoms with Gasteiger partial charge in [-0.1, -0.05) is 60.1 Å². The fourth-order valence-corrected chi connectivity index (χ4v) is 3.82. The quantitative estimate of drug-likeness (QED) is 0.490. The van der Waals surface area contributed by atoms with Gasteiger partial charge < -0.3 is 16.4 Å². The molecule has 0 aliphatic heterocycles. The van der Waals surface area contributed by atoms with Crippen molar-refractivity contribution in [3.63, 3.8) is 0 Å². The molecule has 2 aromatic carbocycles. The SMILES string of the molecule is C[C@H](CCc1ccccc1)NC(=O)c1snc(C(=O)NCc2ccccc2Cl)c1N. The number of amides is 2. The van der Waals surface area contributed by atoms with Gasteiger partial charge in [-0.3, -0.25) is 9.59 Å². The van der Waals surface area contributed by atoms with Crippen molar-refractivity contribution in [2.75, 3.05) is 5.73 Å². The zero-order valence-electron chi connectivity index (χ0n) is 16.5. The fraction of sp³-hybridized carbons (Fsp3) is 0.227. The highest BCUT2D eigenvalue weighted by Gasteiger charge is 2.23. The van der Waals surface area contributed by atoms with Gasteiger partial charge in [0.15, 0.2) is 5.69 Å². The number of nitrogen functional groups attached to an aromatic ring is 1. The molecule has 3 aromatic rings. The number of carbonyl (C=O) groups is 2. The lowest BCUT2D eigenvalue weighted by Gasteiger charge is -2.13. The third-order valence-electron chi connectivity index (χ3n) is 4.63. The van der Waals surface area contributed by atoms with Crippen LogP contribution in [0.3, 0.4) is 0 Å². The first kappa shape index (κ1) is 21.8. The molecular weight excluding hydrogens is 420 g/mol. The van der Waals surface area contributed by atoms with Crippen LogP contribution in [0.2, 0.25) is 5.02 Å². The molecule has 30 heavy (non-hydrogen) atoms. The highest BCUT2D eigenvalue weighted by atomic mass is 35.5. The summed E-state index contributed by atoms with van der Waals surface area (Å²) in [5.74, 6) is -0.768. The summed E-state index contributed by atoms with van der Waals surface area (Å²) in [6.45, 7) is 2.18.